The second kappa shape index (κ2) is 6.57. The molecule has 4 N–H and O–H groups in total. The molecule has 22 heavy (non-hydrogen) atoms. The number of amides is 2. The number of hydrogen-bond donors (Lipinski definition) is 4. The third-order valence-electron chi connectivity index (χ3n) is 3.53. The smallest absolute Gasteiger partial charge is 0.328 e. The van der Waals surface area contributed by atoms with Crippen molar-refractivity contribution in [3.05, 3.63) is 29.3 Å². The first kappa shape index (κ1) is 16.0. The van der Waals surface area contributed by atoms with E-state index < -0.39 is 24.0 Å². The number of aliphatic hydroxyl groups is 1. The highest BCUT2D eigenvalue weighted by molar-refractivity contribution is 5.98. The van der Waals surface area contributed by atoms with Gasteiger partial charge in [-0.05, 0) is 43.5 Å². The Morgan fingerprint density at radius 2 is 2.05 bits per heavy atom. The molecule has 1 aromatic carbocycles. The summed E-state index contributed by atoms with van der Waals surface area (Å²) >= 11 is 0. The fourth-order valence-corrected chi connectivity index (χ4v) is 2.33. The summed E-state index contributed by atoms with van der Waals surface area (Å²) in [5, 5.41) is 23.4. The van der Waals surface area contributed by atoms with Gasteiger partial charge in [-0.1, -0.05) is 0 Å². The Kier molecular flexibility index (Phi) is 4.77. The Morgan fingerprint density at radius 1 is 1.32 bits per heavy atom. The normalized spacial score (nSPS) is 16.7. The zero-order chi connectivity index (χ0) is 16.3. The van der Waals surface area contributed by atoms with Gasteiger partial charge in [0.05, 0.1) is 6.10 Å². The van der Waals surface area contributed by atoms with Gasteiger partial charge in [0.2, 0.25) is 5.91 Å². The molecule has 0 radical (unpaired) electrons. The number of benzene rings is 1. The molecule has 2 rings (SSSR count). The van der Waals surface area contributed by atoms with Crippen molar-refractivity contribution in [1.29, 1.82) is 0 Å². The van der Waals surface area contributed by atoms with Crippen LogP contribution in [0.15, 0.2) is 18.2 Å². The molecule has 1 aliphatic heterocycles. The van der Waals surface area contributed by atoms with Gasteiger partial charge in [-0.25, -0.2) is 4.79 Å². The van der Waals surface area contributed by atoms with Crippen LogP contribution >= 0.6 is 0 Å². The van der Waals surface area contributed by atoms with Crippen LogP contribution in [-0.2, 0) is 16.0 Å². The highest BCUT2D eigenvalue weighted by atomic mass is 16.4. The molecule has 2 atom stereocenters. The van der Waals surface area contributed by atoms with Crippen molar-refractivity contribution >= 4 is 23.5 Å². The molecule has 1 aliphatic rings. The molecule has 1 aromatic rings. The first-order valence-corrected chi connectivity index (χ1v) is 7.03. The maximum absolute atomic E-state index is 12.1. The number of aryl methyl sites for hydroxylation is 1. The minimum Gasteiger partial charge on any atom is -0.480 e. The number of nitrogens with one attached hydrogen (secondary N) is 2. The number of anilines is 1. The molecule has 0 saturated carbocycles. The SMILES string of the molecule is CC(O)C(NC(=O)c1ccc2c(c1)CCCC(=O)N2)C(=O)O. The minimum atomic E-state index is -1.37. The van der Waals surface area contributed by atoms with Crippen LogP contribution in [0.5, 0.6) is 0 Å². The highest BCUT2D eigenvalue weighted by Gasteiger charge is 2.25. The number of carboxylic acids is 1. The van der Waals surface area contributed by atoms with Crippen LogP contribution in [0.3, 0.4) is 0 Å². The molecule has 0 saturated heterocycles. The molecule has 0 aliphatic carbocycles. The molecule has 0 aromatic heterocycles. The number of hydrogen-bond acceptors (Lipinski definition) is 4. The quantitative estimate of drug-likeness (QED) is 0.647. The number of aliphatic hydroxyl groups excluding tert-OH is 1. The summed E-state index contributed by atoms with van der Waals surface area (Å²) in [5.74, 6) is -1.94. The van der Waals surface area contributed by atoms with E-state index in [1.807, 2.05) is 0 Å². The Bertz CT molecular complexity index is 612. The van der Waals surface area contributed by atoms with Crippen LogP contribution < -0.4 is 10.6 Å². The fraction of sp³-hybridized carbons (Fsp3) is 0.400. The van der Waals surface area contributed by atoms with Gasteiger partial charge < -0.3 is 20.8 Å². The van der Waals surface area contributed by atoms with Gasteiger partial charge in [-0.2, -0.15) is 0 Å². The monoisotopic (exact) mass is 306 g/mol. The van der Waals surface area contributed by atoms with Gasteiger partial charge in [-0.3, -0.25) is 9.59 Å². The molecule has 1 heterocycles. The van der Waals surface area contributed by atoms with Crippen molar-refractivity contribution in [2.45, 2.75) is 38.3 Å². The number of fused-ring (bicyclic) bond motifs is 1. The Hall–Kier alpha value is -2.41. The van der Waals surface area contributed by atoms with Gasteiger partial charge in [0.25, 0.3) is 5.91 Å². The largest absolute Gasteiger partial charge is 0.480 e. The standard InChI is InChI=1S/C15H18N2O5/c1-8(18)13(15(21)22)17-14(20)10-5-6-11-9(7-10)3-2-4-12(19)16-11/h5-8,13,18H,2-4H2,1H3,(H,16,19)(H,17,20)(H,21,22). The van der Waals surface area contributed by atoms with Gasteiger partial charge >= 0.3 is 5.97 Å². The molecule has 7 heteroatoms. The number of carboxylic acid groups (broad SMARTS) is 1. The molecule has 0 bridgehead atoms. The molecular weight excluding hydrogens is 288 g/mol. The van der Waals surface area contributed by atoms with Gasteiger partial charge in [0.1, 0.15) is 0 Å². The van der Waals surface area contributed by atoms with E-state index in [4.69, 9.17) is 5.11 Å². The lowest BCUT2D eigenvalue weighted by Crippen LogP contribution is -2.47. The molecule has 118 valence electrons. The molecule has 2 amide bonds. The first-order chi connectivity index (χ1) is 10.4. The van der Waals surface area contributed by atoms with Crippen molar-refractivity contribution in [2.24, 2.45) is 0 Å². The predicted molar refractivity (Wildman–Crippen MR) is 78.6 cm³/mol. The van der Waals surface area contributed by atoms with E-state index in [1.54, 1.807) is 12.1 Å². The molecule has 2 unspecified atom stereocenters. The maximum Gasteiger partial charge on any atom is 0.328 e. The summed E-state index contributed by atoms with van der Waals surface area (Å²) in [4.78, 5) is 34.6. The van der Waals surface area contributed by atoms with Gasteiger partial charge in [0.15, 0.2) is 6.04 Å². The highest BCUT2D eigenvalue weighted by Crippen LogP contribution is 2.23. The topological polar surface area (TPSA) is 116 Å². The lowest BCUT2D eigenvalue weighted by molar-refractivity contribution is -0.141. The first-order valence-electron chi connectivity index (χ1n) is 7.03. The van der Waals surface area contributed by atoms with E-state index in [0.29, 0.717) is 30.5 Å². The minimum absolute atomic E-state index is 0.0593. The third kappa shape index (κ3) is 3.62. The molecule has 7 nitrogen and oxygen atoms in total. The molecular formula is C15H18N2O5. The second-order valence-electron chi connectivity index (χ2n) is 5.30. The Morgan fingerprint density at radius 3 is 2.68 bits per heavy atom. The number of aliphatic carboxylic acids is 1. The summed E-state index contributed by atoms with van der Waals surface area (Å²) in [6, 6.07) is 3.41. The van der Waals surface area contributed by atoms with E-state index in [9.17, 15) is 19.5 Å². The summed E-state index contributed by atoms with van der Waals surface area (Å²) in [6.45, 7) is 1.30. The van der Waals surface area contributed by atoms with E-state index in [-0.39, 0.29) is 5.91 Å². The molecule has 0 fully saturated rings. The van der Waals surface area contributed by atoms with E-state index in [0.717, 1.165) is 5.56 Å². The summed E-state index contributed by atoms with van der Waals surface area (Å²) < 4.78 is 0. The Balaban J connectivity index is 2.19. The Labute approximate surface area is 127 Å². The lowest BCUT2D eigenvalue weighted by Gasteiger charge is -2.17. The van der Waals surface area contributed by atoms with Crippen LogP contribution in [0.4, 0.5) is 5.69 Å². The van der Waals surface area contributed by atoms with Crippen LogP contribution in [0.25, 0.3) is 0 Å². The number of carbonyl (C=O) groups excluding carboxylic acids is 2. The van der Waals surface area contributed by atoms with Crippen LogP contribution in [0, 0.1) is 0 Å². The summed E-state index contributed by atoms with van der Waals surface area (Å²) in [6.07, 6.45) is 0.573. The van der Waals surface area contributed by atoms with Crippen molar-refractivity contribution in [1.82, 2.24) is 5.32 Å². The van der Waals surface area contributed by atoms with E-state index in [2.05, 4.69) is 10.6 Å². The van der Waals surface area contributed by atoms with Crippen LogP contribution in [-0.4, -0.2) is 40.1 Å². The zero-order valence-electron chi connectivity index (χ0n) is 12.1. The van der Waals surface area contributed by atoms with E-state index >= 15 is 0 Å². The van der Waals surface area contributed by atoms with Gasteiger partial charge in [-0.15, -0.1) is 0 Å². The maximum atomic E-state index is 12.1. The third-order valence-corrected chi connectivity index (χ3v) is 3.53. The zero-order valence-corrected chi connectivity index (χ0v) is 12.1. The summed E-state index contributed by atoms with van der Waals surface area (Å²) in [5.41, 5.74) is 1.80. The molecule has 0 spiro atoms. The van der Waals surface area contributed by atoms with Crippen molar-refractivity contribution < 1.29 is 24.6 Å². The second-order valence-corrected chi connectivity index (χ2v) is 5.30. The van der Waals surface area contributed by atoms with Crippen LogP contribution in [0.1, 0.15) is 35.7 Å². The average Bonchev–Trinajstić information content (AvgIpc) is 2.63. The fourth-order valence-electron chi connectivity index (χ4n) is 2.33. The van der Waals surface area contributed by atoms with Gasteiger partial charge in [0, 0.05) is 17.7 Å². The predicted octanol–water partition coefficient (Wildman–Crippen LogP) is 0.525. The average molecular weight is 306 g/mol. The van der Waals surface area contributed by atoms with E-state index in [1.165, 1.54) is 13.0 Å². The number of carbonyl (C=O) groups is 3. The van der Waals surface area contributed by atoms with Crippen LogP contribution in [0.2, 0.25) is 0 Å². The van der Waals surface area contributed by atoms with Crippen molar-refractivity contribution in [3.8, 4) is 0 Å². The lowest BCUT2D eigenvalue weighted by atomic mass is 10.0. The summed E-state index contributed by atoms with van der Waals surface area (Å²) in [7, 11) is 0. The number of rotatable bonds is 4. The van der Waals surface area contributed by atoms with Crippen molar-refractivity contribution in [3.63, 3.8) is 0 Å². The van der Waals surface area contributed by atoms with Crippen molar-refractivity contribution in [2.75, 3.05) is 5.32 Å².